The lowest BCUT2D eigenvalue weighted by molar-refractivity contribution is 0.0854. The normalized spacial score (nSPS) is 14.4. The molecule has 1 N–H and O–H groups in total. The Labute approximate surface area is 121 Å². The lowest BCUT2D eigenvalue weighted by Gasteiger charge is -2.15. The van der Waals surface area contributed by atoms with Gasteiger partial charge >= 0.3 is 0 Å². The smallest absolute Gasteiger partial charge is 0.228 e. The number of aromatic nitrogens is 2. The number of ether oxygens (including phenoxy) is 2. The highest BCUT2D eigenvalue weighted by Crippen LogP contribution is 2.19. The van der Waals surface area contributed by atoms with Gasteiger partial charge in [-0.1, -0.05) is 25.4 Å². The first kappa shape index (κ1) is 17.1. The largest absolute Gasteiger partial charge is 0.383 e. The van der Waals surface area contributed by atoms with Gasteiger partial charge in [0.15, 0.2) is 0 Å². The molecule has 2 unspecified atom stereocenters. The summed E-state index contributed by atoms with van der Waals surface area (Å²) < 4.78 is 15.9. The molecule has 0 radical (unpaired) electrons. The summed E-state index contributed by atoms with van der Waals surface area (Å²) in [5, 5.41) is 7.43. The molecular formula is C14H27N3O3. The molecule has 6 nitrogen and oxygen atoms in total. The molecule has 0 saturated carbocycles. The minimum absolute atomic E-state index is 0.0815. The second kappa shape index (κ2) is 9.85. The van der Waals surface area contributed by atoms with Crippen molar-refractivity contribution in [3.63, 3.8) is 0 Å². The molecule has 0 spiro atoms. The Kier molecular flexibility index (Phi) is 8.41. The van der Waals surface area contributed by atoms with E-state index in [0.29, 0.717) is 24.7 Å². The van der Waals surface area contributed by atoms with Crippen molar-refractivity contribution in [3.05, 3.63) is 11.7 Å². The lowest BCUT2D eigenvalue weighted by atomic mass is 10.2. The van der Waals surface area contributed by atoms with Gasteiger partial charge in [0, 0.05) is 26.7 Å². The molecule has 0 aliphatic heterocycles. The average Bonchev–Trinajstić information content (AvgIpc) is 2.90. The van der Waals surface area contributed by atoms with Crippen LogP contribution in [-0.2, 0) is 15.9 Å². The highest BCUT2D eigenvalue weighted by molar-refractivity contribution is 4.93. The predicted molar refractivity (Wildman–Crippen MR) is 76.6 cm³/mol. The summed E-state index contributed by atoms with van der Waals surface area (Å²) in [5.74, 6) is 1.26. The molecule has 1 aromatic heterocycles. The molecule has 0 aliphatic carbocycles. The third-order valence-electron chi connectivity index (χ3n) is 3.08. The highest BCUT2D eigenvalue weighted by atomic mass is 16.5. The van der Waals surface area contributed by atoms with Gasteiger partial charge in [-0.2, -0.15) is 4.98 Å². The van der Waals surface area contributed by atoms with E-state index in [2.05, 4.69) is 29.3 Å². The number of rotatable bonds is 11. The zero-order valence-electron chi connectivity index (χ0n) is 13.0. The van der Waals surface area contributed by atoms with Gasteiger partial charge in [-0.3, -0.25) is 0 Å². The second-order valence-electron chi connectivity index (χ2n) is 4.87. The fourth-order valence-electron chi connectivity index (χ4n) is 2.05. The number of nitrogens with one attached hydrogen (secondary N) is 1. The Morgan fingerprint density at radius 1 is 1.25 bits per heavy atom. The van der Waals surface area contributed by atoms with Crippen LogP contribution < -0.4 is 5.32 Å². The molecule has 116 valence electrons. The van der Waals surface area contributed by atoms with E-state index in [-0.39, 0.29) is 12.1 Å². The SMILES string of the molecule is CCCNC(COC)Cc1nc(C(CCC)OC)no1. The molecule has 1 rings (SSSR count). The van der Waals surface area contributed by atoms with Gasteiger partial charge in [-0.15, -0.1) is 0 Å². The molecule has 0 saturated heterocycles. The van der Waals surface area contributed by atoms with Gasteiger partial charge in [0.2, 0.25) is 11.7 Å². The van der Waals surface area contributed by atoms with Gasteiger partial charge in [0.1, 0.15) is 6.10 Å². The fraction of sp³-hybridized carbons (Fsp3) is 0.857. The quantitative estimate of drug-likeness (QED) is 0.671. The van der Waals surface area contributed by atoms with Crippen LogP contribution in [0.2, 0.25) is 0 Å². The van der Waals surface area contributed by atoms with Crippen LogP contribution in [0.4, 0.5) is 0 Å². The minimum atomic E-state index is -0.0815. The van der Waals surface area contributed by atoms with Crippen molar-refractivity contribution in [1.82, 2.24) is 15.5 Å². The molecule has 0 aliphatic rings. The first-order valence-electron chi connectivity index (χ1n) is 7.32. The van der Waals surface area contributed by atoms with Crippen LogP contribution in [0.1, 0.15) is 50.9 Å². The van der Waals surface area contributed by atoms with Gasteiger partial charge in [0.05, 0.1) is 6.61 Å². The van der Waals surface area contributed by atoms with Crippen LogP contribution in [0, 0.1) is 0 Å². The summed E-state index contributed by atoms with van der Waals surface area (Å²) in [6.07, 6.45) is 3.58. The summed E-state index contributed by atoms with van der Waals surface area (Å²) in [6, 6.07) is 0.195. The zero-order valence-corrected chi connectivity index (χ0v) is 13.0. The van der Waals surface area contributed by atoms with Crippen molar-refractivity contribution >= 4 is 0 Å². The van der Waals surface area contributed by atoms with Crippen LogP contribution in [-0.4, -0.2) is 43.6 Å². The number of methoxy groups -OCH3 is 2. The molecule has 0 bridgehead atoms. The number of hydrogen-bond acceptors (Lipinski definition) is 6. The lowest BCUT2D eigenvalue weighted by Crippen LogP contribution is -2.35. The van der Waals surface area contributed by atoms with E-state index in [9.17, 15) is 0 Å². The van der Waals surface area contributed by atoms with Crippen molar-refractivity contribution in [1.29, 1.82) is 0 Å². The molecule has 1 aromatic rings. The van der Waals surface area contributed by atoms with E-state index < -0.39 is 0 Å². The Bertz CT molecular complexity index is 357. The van der Waals surface area contributed by atoms with Crippen LogP contribution in [0.25, 0.3) is 0 Å². The van der Waals surface area contributed by atoms with Gasteiger partial charge in [0.25, 0.3) is 0 Å². The van der Waals surface area contributed by atoms with Crippen molar-refractivity contribution < 1.29 is 14.0 Å². The molecule has 6 heteroatoms. The van der Waals surface area contributed by atoms with Crippen LogP contribution in [0.5, 0.6) is 0 Å². The van der Waals surface area contributed by atoms with Crippen molar-refractivity contribution in [2.45, 2.75) is 51.7 Å². The Morgan fingerprint density at radius 2 is 2.05 bits per heavy atom. The van der Waals surface area contributed by atoms with Gasteiger partial charge < -0.3 is 19.3 Å². The van der Waals surface area contributed by atoms with E-state index in [1.807, 2.05) is 0 Å². The van der Waals surface area contributed by atoms with Crippen molar-refractivity contribution in [2.24, 2.45) is 0 Å². The monoisotopic (exact) mass is 285 g/mol. The maximum absolute atomic E-state index is 5.38. The first-order chi connectivity index (χ1) is 9.74. The van der Waals surface area contributed by atoms with Crippen LogP contribution >= 0.6 is 0 Å². The number of nitrogens with zero attached hydrogens (tertiary/aromatic N) is 2. The zero-order chi connectivity index (χ0) is 14.8. The van der Waals surface area contributed by atoms with E-state index in [4.69, 9.17) is 14.0 Å². The average molecular weight is 285 g/mol. The first-order valence-corrected chi connectivity index (χ1v) is 7.32. The summed E-state index contributed by atoms with van der Waals surface area (Å²) in [7, 11) is 3.37. The van der Waals surface area contributed by atoms with Crippen LogP contribution in [0.15, 0.2) is 4.52 Å². The number of hydrogen-bond donors (Lipinski definition) is 1. The molecule has 0 amide bonds. The third-order valence-corrected chi connectivity index (χ3v) is 3.08. The summed E-state index contributed by atoms with van der Waals surface area (Å²) in [5.41, 5.74) is 0. The van der Waals surface area contributed by atoms with Crippen molar-refractivity contribution in [3.8, 4) is 0 Å². The summed E-state index contributed by atoms with van der Waals surface area (Å²) in [4.78, 5) is 4.43. The summed E-state index contributed by atoms with van der Waals surface area (Å²) >= 11 is 0. The Morgan fingerprint density at radius 3 is 2.65 bits per heavy atom. The second-order valence-corrected chi connectivity index (χ2v) is 4.87. The molecule has 2 atom stereocenters. The predicted octanol–water partition coefficient (Wildman–Crippen LogP) is 2.11. The van der Waals surface area contributed by atoms with Crippen LogP contribution in [0.3, 0.4) is 0 Å². The molecular weight excluding hydrogens is 258 g/mol. The fourth-order valence-corrected chi connectivity index (χ4v) is 2.05. The Hall–Kier alpha value is -0.980. The minimum Gasteiger partial charge on any atom is -0.383 e. The van der Waals surface area contributed by atoms with E-state index >= 15 is 0 Å². The van der Waals surface area contributed by atoms with Gasteiger partial charge in [-0.25, -0.2) is 0 Å². The van der Waals surface area contributed by atoms with E-state index in [0.717, 1.165) is 25.8 Å². The van der Waals surface area contributed by atoms with E-state index in [1.54, 1.807) is 14.2 Å². The standard InChI is InChI=1S/C14H27N3O3/c1-5-7-12(19-4)14-16-13(20-17-14)9-11(10-18-3)15-8-6-2/h11-12,15H,5-10H2,1-4H3. The maximum Gasteiger partial charge on any atom is 0.228 e. The van der Waals surface area contributed by atoms with E-state index in [1.165, 1.54) is 0 Å². The van der Waals surface area contributed by atoms with Crippen molar-refractivity contribution in [2.75, 3.05) is 27.4 Å². The molecule has 0 fully saturated rings. The molecule has 0 aromatic carbocycles. The molecule has 20 heavy (non-hydrogen) atoms. The maximum atomic E-state index is 5.38. The summed E-state index contributed by atoms with van der Waals surface area (Å²) in [6.45, 7) is 5.82. The Balaban J connectivity index is 2.59. The molecule has 1 heterocycles. The topological polar surface area (TPSA) is 69.4 Å². The van der Waals surface area contributed by atoms with Gasteiger partial charge in [-0.05, 0) is 19.4 Å². The third kappa shape index (κ3) is 5.56. The highest BCUT2D eigenvalue weighted by Gasteiger charge is 2.19.